The van der Waals surface area contributed by atoms with Gasteiger partial charge in [-0.15, -0.1) is 0 Å². The first kappa shape index (κ1) is 47.3. The number of thiazole rings is 2. The lowest BCUT2D eigenvalue weighted by atomic mass is 10.1. The van der Waals surface area contributed by atoms with Crippen molar-refractivity contribution in [1.29, 1.82) is 0 Å². The Labute approximate surface area is 328 Å². The quantitative estimate of drug-likeness (QED) is 0.0674. The number of aryl methyl sites for hydroxylation is 2. The minimum Gasteiger partial charge on any atom is -0.550 e. The molecule has 0 radical (unpaired) electrons. The average molecular weight is 774 g/mol. The van der Waals surface area contributed by atoms with E-state index in [1.807, 2.05) is 34.4 Å². The normalized spacial score (nSPS) is 13.6. The maximum atomic E-state index is 8.89. The molecule has 10 heteroatoms. The first-order chi connectivity index (χ1) is 25.0. The predicted octanol–water partition coefficient (Wildman–Crippen LogP) is 9.27. The molecule has 0 aliphatic carbocycles. The summed E-state index contributed by atoms with van der Waals surface area (Å²) < 4.78 is 5.11. The molecule has 2 aromatic heterocycles. The number of aliphatic carboxylic acids is 2. The minimum absolute atomic E-state index is 0.972. The van der Waals surface area contributed by atoms with Gasteiger partial charge in [0.15, 0.2) is 11.4 Å². The molecule has 0 bridgehead atoms. The number of unbranched alkanes of at least 4 members (excludes halogenated alkanes) is 12. The molecular formula is C42H67N3O4S3. The molecule has 292 valence electrons. The highest BCUT2D eigenvalue weighted by molar-refractivity contribution is 8.06. The number of carboxylic acid groups (broad SMARTS) is 2. The molecule has 1 aliphatic rings. The van der Waals surface area contributed by atoms with Crippen LogP contribution in [0.25, 0.3) is 11.6 Å². The van der Waals surface area contributed by atoms with E-state index in [1.54, 1.807) is 0 Å². The van der Waals surface area contributed by atoms with Crippen molar-refractivity contribution < 1.29 is 28.9 Å². The van der Waals surface area contributed by atoms with Crippen LogP contribution in [0.5, 0.6) is 0 Å². The van der Waals surface area contributed by atoms with Crippen molar-refractivity contribution in [2.45, 2.75) is 165 Å². The molecule has 2 aromatic rings. The highest BCUT2D eigenvalue weighted by atomic mass is 32.2. The van der Waals surface area contributed by atoms with Crippen LogP contribution >= 0.6 is 34.4 Å². The van der Waals surface area contributed by atoms with Crippen molar-refractivity contribution in [1.82, 2.24) is 4.90 Å². The van der Waals surface area contributed by atoms with Crippen LogP contribution in [0.15, 0.2) is 45.1 Å². The molecule has 3 heterocycles. The summed E-state index contributed by atoms with van der Waals surface area (Å²) in [7, 11) is 0. The average Bonchev–Trinajstić information content (AvgIpc) is 3.76. The maximum absolute atomic E-state index is 8.89. The van der Waals surface area contributed by atoms with E-state index in [9.17, 15) is 0 Å². The number of nitrogens with zero attached hydrogens (tertiary/aromatic N) is 3. The highest BCUT2D eigenvalue weighted by Gasteiger charge is 2.22. The maximum Gasteiger partial charge on any atom is 0.269 e. The molecule has 0 saturated carbocycles. The molecule has 7 nitrogen and oxygen atoms in total. The fraction of sp³-hybridized carbons (Fsp3) is 0.619. The van der Waals surface area contributed by atoms with E-state index >= 15 is 0 Å². The number of rotatable bonds is 22. The second-order valence-corrected chi connectivity index (χ2v) is 16.1. The summed E-state index contributed by atoms with van der Waals surface area (Å²) in [5, 5.41) is 28.9. The van der Waals surface area contributed by atoms with Gasteiger partial charge in [-0.2, -0.15) is 9.13 Å². The third kappa shape index (κ3) is 20.0. The largest absolute Gasteiger partial charge is 0.550 e. The molecule has 0 aromatic carbocycles. The van der Waals surface area contributed by atoms with E-state index in [4.69, 9.17) is 19.8 Å². The third-order valence-electron chi connectivity index (χ3n) is 8.61. The summed E-state index contributed by atoms with van der Waals surface area (Å²) in [6, 6.07) is 0. The van der Waals surface area contributed by atoms with Crippen LogP contribution in [0.2, 0.25) is 0 Å². The monoisotopic (exact) mass is 773 g/mol. The number of carbonyl (C=O) groups excluding carboxylic acids is 2. The van der Waals surface area contributed by atoms with E-state index < -0.39 is 11.9 Å². The zero-order chi connectivity index (χ0) is 38.7. The first-order valence-electron chi connectivity index (χ1n) is 19.5. The van der Waals surface area contributed by atoms with Crippen molar-refractivity contribution in [3.63, 3.8) is 0 Å². The van der Waals surface area contributed by atoms with Gasteiger partial charge >= 0.3 is 0 Å². The molecule has 0 amide bonds. The van der Waals surface area contributed by atoms with Crippen molar-refractivity contribution in [2.24, 2.45) is 0 Å². The summed E-state index contributed by atoms with van der Waals surface area (Å²) in [6.07, 6.45) is 29.3. The first-order valence-corrected chi connectivity index (χ1v) is 22.1. The molecule has 0 saturated heterocycles. The molecule has 1 aliphatic heterocycles. The van der Waals surface area contributed by atoms with E-state index in [1.165, 1.54) is 134 Å². The topological polar surface area (TPSA) is 91.3 Å². The fourth-order valence-corrected chi connectivity index (χ4v) is 8.70. The molecule has 52 heavy (non-hydrogen) atoms. The fourth-order valence-electron chi connectivity index (χ4n) is 5.80. The Hall–Kier alpha value is -2.69. The molecule has 0 N–H and O–H groups in total. The van der Waals surface area contributed by atoms with E-state index in [-0.39, 0.29) is 0 Å². The number of allylic oxidation sites excluding steroid dienone is 5. The van der Waals surface area contributed by atoms with Crippen LogP contribution in [0.1, 0.15) is 159 Å². The van der Waals surface area contributed by atoms with Crippen LogP contribution in [-0.4, -0.2) is 23.4 Å². The molecular weight excluding hydrogens is 707 g/mol. The summed E-state index contributed by atoms with van der Waals surface area (Å²) >= 11 is 5.66. The SMILES string of the molecule is CC(=O)[O-].CC(=O)[O-].CCCCCCCN1C(C)=CS\C1=C/C=C(\C=C\c1scc(C)[n+]1CCCCCCC)c1scc(C)[n+]1CCCCCCC. The van der Waals surface area contributed by atoms with Crippen LogP contribution in [0.3, 0.4) is 0 Å². The summed E-state index contributed by atoms with van der Waals surface area (Å²) in [4.78, 5) is 20.3. The molecule has 3 rings (SSSR count). The zero-order valence-electron chi connectivity index (χ0n) is 33.5. The Morgan fingerprint density at radius 3 is 1.75 bits per heavy atom. The number of carbonyl (C=O) groups is 2. The Kier molecular flexibility index (Phi) is 26.2. The van der Waals surface area contributed by atoms with Crippen molar-refractivity contribution in [3.8, 4) is 0 Å². The summed E-state index contributed by atoms with van der Waals surface area (Å²) in [5.74, 6) is -2.17. The lowest BCUT2D eigenvalue weighted by molar-refractivity contribution is -0.700. The number of carboxylic acids is 2. The van der Waals surface area contributed by atoms with Crippen LogP contribution < -0.4 is 19.3 Å². The van der Waals surface area contributed by atoms with Gasteiger partial charge in [-0.1, -0.05) is 119 Å². The molecule has 0 spiro atoms. The lowest BCUT2D eigenvalue weighted by Gasteiger charge is -2.21. The lowest BCUT2D eigenvalue weighted by Crippen LogP contribution is -2.38. The predicted molar refractivity (Wildman–Crippen MR) is 219 cm³/mol. The van der Waals surface area contributed by atoms with E-state index in [0.29, 0.717) is 0 Å². The number of hydrogen-bond acceptors (Lipinski definition) is 8. The van der Waals surface area contributed by atoms with Crippen molar-refractivity contribution in [2.75, 3.05) is 6.54 Å². The van der Waals surface area contributed by atoms with Crippen LogP contribution in [-0.2, 0) is 22.7 Å². The molecule has 0 atom stereocenters. The van der Waals surface area contributed by atoms with Crippen molar-refractivity contribution in [3.05, 3.63) is 66.5 Å². The van der Waals surface area contributed by atoms with Crippen molar-refractivity contribution >= 4 is 58.0 Å². The van der Waals surface area contributed by atoms with Gasteiger partial charge < -0.3 is 24.7 Å². The van der Waals surface area contributed by atoms with E-state index in [0.717, 1.165) is 33.5 Å². The highest BCUT2D eigenvalue weighted by Crippen LogP contribution is 2.35. The smallest absolute Gasteiger partial charge is 0.269 e. The second kappa shape index (κ2) is 28.8. The summed E-state index contributed by atoms with van der Waals surface area (Å²) in [6.45, 7) is 19.0. The molecule has 0 unspecified atom stereocenters. The third-order valence-corrected chi connectivity index (χ3v) is 11.9. The van der Waals surface area contributed by atoms with Gasteiger partial charge in [-0.3, -0.25) is 0 Å². The Morgan fingerprint density at radius 2 is 1.19 bits per heavy atom. The van der Waals surface area contributed by atoms with E-state index in [2.05, 4.69) is 96.0 Å². The number of thioether (sulfide) groups is 1. The van der Waals surface area contributed by atoms with Gasteiger partial charge in [0.1, 0.15) is 13.1 Å². The zero-order valence-corrected chi connectivity index (χ0v) is 35.9. The van der Waals surface area contributed by atoms with Gasteiger partial charge in [0.25, 0.3) is 10.0 Å². The van der Waals surface area contributed by atoms with Gasteiger partial charge in [-0.25, -0.2) is 0 Å². The minimum atomic E-state index is -1.08. The van der Waals surface area contributed by atoms with Gasteiger partial charge in [0.05, 0.1) is 21.4 Å². The van der Waals surface area contributed by atoms with Crippen LogP contribution in [0, 0.1) is 13.8 Å². The number of hydrogen-bond donors (Lipinski definition) is 0. The van der Waals surface area contributed by atoms with Crippen LogP contribution in [0.4, 0.5) is 0 Å². The molecule has 0 fully saturated rings. The Balaban J connectivity index is 0.00000153. The standard InChI is InChI=1S/C38H61N3S3.2C2H4O2/c1-7-10-13-16-19-26-39-32(4)29-42-36(39)24-22-35(38-41(34(6)31-44-38)28-21-18-15-12-9-3)23-25-37-40(33(5)30-43-37)27-20-17-14-11-8-2;2*1-2(3)4/h22-25,29-31H,7-21,26-28H2,1-6H3;2*1H3,(H,3,4)/q+2;;/p-2. The number of aromatic nitrogens is 2. The Morgan fingerprint density at radius 1 is 0.712 bits per heavy atom. The Bertz CT molecular complexity index is 1420. The van der Waals surface area contributed by atoms with Gasteiger partial charge in [0.2, 0.25) is 0 Å². The second-order valence-electron chi connectivity index (χ2n) is 13.4. The van der Waals surface area contributed by atoms with Gasteiger partial charge in [0, 0.05) is 56.9 Å². The van der Waals surface area contributed by atoms with Gasteiger partial charge in [-0.05, 0) is 63.7 Å². The summed E-state index contributed by atoms with van der Waals surface area (Å²) in [5.41, 5.74) is 5.46.